The molecule has 96 valence electrons. The van der Waals surface area contributed by atoms with Crippen LogP contribution in [0.1, 0.15) is 5.69 Å². The fourth-order valence-corrected chi connectivity index (χ4v) is 1.93. The molecule has 1 aliphatic rings. The van der Waals surface area contributed by atoms with E-state index in [9.17, 15) is 0 Å². The van der Waals surface area contributed by atoms with E-state index in [-0.39, 0.29) is 0 Å². The maximum absolute atomic E-state index is 5.31. The Morgan fingerprint density at radius 1 is 1.41 bits per heavy atom. The number of rotatable bonds is 4. The zero-order valence-electron chi connectivity index (χ0n) is 10.8. The van der Waals surface area contributed by atoms with Gasteiger partial charge in [0.15, 0.2) is 0 Å². The number of aromatic nitrogens is 2. The van der Waals surface area contributed by atoms with Crippen molar-refractivity contribution in [2.45, 2.75) is 6.54 Å². The van der Waals surface area contributed by atoms with Gasteiger partial charge in [-0.15, -0.1) is 0 Å². The minimum absolute atomic E-state index is 0.803. The smallest absolute Gasteiger partial charge is 0.204 e. The molecule has 2 heterocycles. The van der Waals surface area contributed by atoms with E-state index in [1.54, 1.807) is 0 Å². The van der Waals surface area contributed by atoms with Crippen molar-refractivity contribution < 1.29 is 4.74 Å². The molecule has 17 heavy (non-hydrogen) atoms. The van der Waals surface area contributed by atoms with Crippen LogP contribution in [0.5, 0.6) is 0 Å². The molecular weight excluding hydrogens is 218 g/mol. The lowest BCUT2D eigenvalue weighted by Crippen LogP contribution is -2.45. The highest BCUT2D eigenvalue weighted by molar-refractivity contribution is 5.30. The third-order valence-electron chi connectivity index (χ3n) is 2.95. The summed E-state index contributed by atoms with van der Waals surface area (Å²) in [6, 6.07) is 0. The van der Waals surface area contributed by atoms with Crippen LogP contribution < -0.4 is 10.3 Å². The van der Waals surface area contributed by atoms with Crippen LogP contribution in [0.4, 0.5) is 5.95 Å². The third-order valence-corrected chi connectivity index (χ3v) is 2.95. The molecule has 2 rings (SSSR count). The van der Waals surface area contributed by atoms with Crippen molar-refractivity contribution in [2.75, 3.05) is 45.3 Å². The predicted octanol–water partition coefficient (Wildman–Crippen LogP) is -0.177. The van der Waals surface area contributed by atoms with Gasteiger partial charge in [0.25, 0.3) is 0 Å². The average Bonchev–Trinajstić information content (AvgIpc) is 2.69. The highest BCUT2D eigenvalue weighted by Gasteiger charge is 2.12. The zero-order valence-corrected chi connectivity index (χ0v) is 10.8. The molecule has 1 fully saturated rings. The van der Waals surface area contributed by atoms with Gasteiger partial charge in [-0.1, -0.05) is 0 Å². The third kappa shape index (κ3) is 2.96. The number of nitrogens with one attached hydrogen (secondary N) is 1. The van der Waals surface area contributed by atoms with E-state index in [4.69, 9.17) is 4.74 Å². The number of hydrogen-bond donors (Lipinski definition) is 1. The van der Waals surface area contributed by atoms with Crippen molar-refractivity contribution in [1.29, 1.82) is 0 Å². The van der Waals surface area contributed by atoms with Crippen molar-refractivity contribution in [3.05, 3.63) is 11.9 Å². The van der Waals surface area contributed by atoms with Crippen LogP contribution in [0.15, 0.2) is 6.20 Å². The van der Waals surface area contributed by atoms with Crippen LogP contribution in [-0.2, 0) is 18.3 Å². The molecule has 1 N–H and O–H groups in total. The fourth-order valence-electron chi connectivity index (χ4n) is 1.93. The molecular formula is C11H21N5O. The Kier molecular flexibility index (Phi) is 3.98. The Balaban J connectivity index is 1.90. The number of ether oxygens (including phenoxy) is 1. The second kappa shape index (κ2) is 5.48. The molecule has 0 atom stereocenters. The van der Waals surface area contributed by atoms with Crippen LogP contribution in [0, 0.1) is 0 Å². The lowest BCUT2D eigenvalue weighted by molar-refractivity contribution is 0.0102. The number of imidazole rings is 1. The first-order chi connectivity index (χ1) is 8.18. The van der Waals surface area contributed by atoms with E-state index in [1.807, 2.05) is 32.2 Å². The number of anilines is 1. The molecule has 6 heteroatoms. The Morgan fingerprint density at radius 2 is 2.12 bits per heavy atom. The number of hydrogen-bond acceptors (Lipinski definition) is 5. The van der Waals surface area contributed by atoms with Gasteiger partial charge < -0.3 is 14.2 Å². The van der Waals surface area contributed by atoms with Crippen LogP contribution in [0.25, 0.3) is 0 Å². The fraction of sp³-hybridized carbons (Fsp3) is 0.727. The second-order valence-electron chi connectivity index (χ2n) is 4.44. The summed E-state index contributed by atoms with van der Waals surface area (Å²) < 4.78 is 7.41. The quantitative estimate of drug-likeness (QED) is 0.790. The molecule has 0 bridgehead atoms. The monoisotopic (exact) mass is 239 g/mol. The predicted molar refractivity (Wildman–Crippen MR) is 66.8 cm³/mol. The summed E-state index contributed by atoms with van der Waals surface area (Å²) >= 11 is 0. The number of nitrogens with zero attached hydrogens (tertiary/aromatic N) is 4. The summed E-state index contributed by atoms with van der Waals surface area (Å²) in [4.78, 5) is 6.40. The van der Waals surface area contributed by atoms with Gasteiger partial charge in [-0.25, -0.2) is 15.4 Å². The summed E-state index contributed by atoms with van der Waals surface area (Å²) in [5, 5.41) is 2.20. The first-order valence-corrected chi connectivity index (χ1v) is 5.92. The normalized spacial score (nSPS) is 17.4. The van der Waals surface area contributed by atoms with Gasteiger partial charge in [0.05, 0.1) is 31.6 Å². The Morgan fingerprint density at radius 3 is 2.71 bits per heavy atom. The first-order valence-electron chi connectivity index (χ1n) is 5.92. The Labute approximate surface area is 102 Å². The minimum atomic E-state index is 0.803. The zero-order chi connectivity index (χ0) is 12.3. The number of morpholine rings is 1. The SMILES string of the molecule is CN(C)c1ncc(CNN2CCOCC2)n1C. The summed E-state index contributed by atoms with van der Waals surface area (Å²) in [5.74, 6) is 0.976. The van der Waals surface area contributed by atoms with Crippen molar-refractivity contribution in [1.82, 2.24) is 20.0 Å². The van der Waals surface area contributed by atoms with Gasteiger partial charge in [0.1, 0.15) is 0 Å². The van der Waals surface area contributed by atoms with Crippen molar-refractivity contribution in [3.63, 3.8) is 0 Å². The van der Waals surface area contributed by atoms with Crippen molar-refractivity contribution in [2.24, 2.45) is 7.05 Å². The molecule has 6 nitrogen and oxygen atoms in total. The molecule has 0 aromatic carbocycles. The topological polar surface area (TPSA) is 45.6 Å². The van der Waals surface area contributed by atoms with E-state index < -0.39 is 0 Å². The van der Waals surface area contributed by atoms with Gasteiger partial charge in [-0.3, -0.25) is 0 Å². The summed E-state index contributed by atoms with van der Waals surface area (Å²) in [6.45, 7) is 4.30. The molecule has 0 spiro atoms. The van der Waals surface area contributed by atoms with Gasteiger partial charge in [0.2, 0.25) is 5.95 Å². The highest BCUT2D eigenvalue weighted by atomic mass is 16.5. The molecule has 0 saturated carbocycles. The molecule has 0 aliphatic carbocycles. The lowest BCUT2D eigenvalue weighted by atomic mass is 10.4. The standard InChI is InChI=1S/C11H21N5O/c1-14(2)11-12-8-10(15(11)3)9-13-16-4-6-17-7-5-16/h8,13H,4-7,9H2,1-3H3. The van der Waals surface area contributed by atoms with Crippen LogP contribution >= 0.6 is 0 Å². The molecule has 1 aliphatic heterocycles. The van der Waals surface area contributed by atoms with E-state index in [0.717, 1.165) is 38.8 Å². The van der Waals surface area contributed by atoms with Gasteiger partial charge in [-0.05, 0) is 0 Å². The van der Waals surface area contributed by atoms with Gasteiger partial charge in [0, 0.05) is 34.2 Å². The van der Waals surface area contributed by atoms with E-state index >= 15 is 0 Å². The largest absolute Gasteiger partial charge is 0.379 e. The van der Waals surface area contributed by atoms with Crippen molar-refractivity contribution >= 4 is 5.95 Å². The number of hydrazine groups is 1. The van der Waals surface area contributed by atoms with Crippen LogP contribution in [0.2, 0.25) is 0 Å². The average molecular weight is 239 g/mol. The van der Waals surface area contributed by atoms with E-state index in [2.05, 4.69) is 20.0 Å². The molecule has 0 unspecified atom stereocenters. The maximum Gasteiger partial charge on any atom is 0.204 e. The van der Waals surface area contributed by atoms with E-state index in [0.29, 0.717) is 0 Å². The lowest BCUT2D eigenvalue weighted by Gasteiger charge is -2.27. The Hall–Kier alpha value is -1.11. The minimum Gasteiger partial charge on any atom is -0.379 e. The summed E-state index contributed by atoms with van der Waals surface area (Å²) in [5.41, 5.74) is 4.59. The molecule has 1 aromatic heterocycles. The molecule has 0 amide bonds. The molecule has 1 aromatic rings. The van der Waals surface area contributed by atoms with Crippen molar-refractivity contribution in [3.8, 4) is 0 Å². The van der Waals surface area contributed by atoms with Gasteiger partial charge >= 0.3 is 0 Å². The maximum atomic E-state index is 5.31. The highest BCUT2D eigenvalue weighted by Crippen LogP contribution is 2.10. The Bertz CT molecular complexity index is 357. The first kappa shape index (κ1) is 12.3. The summed E-state index contributed by atoms with van der Waals surface area (Å²) in [7, 11) is 6.04. The molecule has 1 saturated heterocycles. The summed E-state index contributed by atoms with van der Waals surface area (Å²) in [6.07, 6.45) is 1.92. The molecule has 0 radical (unpaired) electrons. The van der Waals surface area contributed by atoms with E-state index in [1.165, 1.54) is 5.69 Å². The van der Waals surface area contributed by atoms with Crippen LogP contribution in [0.3, 0.4) is 0 Å². The van der Waals surface area contributed by atoms with Crippen LogP contribution in [-0.4, -0.2) is 55.0 Å². The second-order valence-corrected chi connectivity index (χ2v) is 4.44. The van der Waals surface area contributed by atoms with Gasteiger partial charge in [-0.2, -0.15) is 0 Å².